The summed E-state index contributed by atoms with van der Waals surface area (Å²) in [5, 5.41) is 12.7. The summed E-state index contributed by atoms with van der Waals surface area (Å²) >= 11 is 11.9. The molecule has 10 heteroatoms. The molecule has 0 unspecified atom stereocenters. The summed E-state index contributed by atoms with van der Waals surface area (Å²) in [6.45, 7) is 1.55. The highest BCUT2D eigenvalue weighted by atomic mass is 35.5. The Kier molecular flexibility index (Phi) is 5.06. The number of aryl methyl sites for hydroxylation is 1. The van der Waals surface area contributed by atoms with Crippen molar-refractivity contribution in [2.75, 3.05) is 7.11 Å². The van der Waals surface area contributed by atoms with Crippen molar-refractivity contribution in [3.63, 3.8) is 0 Å². The third-order valence-corrected chi connectivity index (χ3v) is 3.56. The van der Waals surface area contributed by atoms with E-state index in [2.05, 4.69) is 10.1 Å². The third-order valence-electron chi connectivity index (χ3n) is 2.98. The van der Waals surface area contributed by atoms with E-state index in [1.165, 1.54) is 7.11 Å². The Morgan fingerprint density at radius 1 is 1.33 bits per heavy atom. The lowest BCUT2D eigenvalue weighted by atomic mass is 10.2. The quantitative estimate of drug-likeness (QED) is 0.576. The molecule has 5 nitrogen and oxygen atoms in total. The second-order valence-corrected chi connectivity index (χ2v) is 5.38. The maximum atomic E-state index is 12.8. The van der Waals surface area contributed by atoms with Gasteiger partial charge in [0.05, 0.1) is 28.4 Å². The number of aromatic nitrogens is 2. The lowest BCUT2D eigenvalue weighted by Gasteiger charge is -2.13. The van der Waals surface area contributed by atoms with Crippen LogP contribution in [0, 0.1) is 18.3 Å². The van der Waals surface area contributed by atoms with Crippen molar-refractivity contribution in [3.05, 3.63) is 39.0 Å². The third kappa shape index (κ3) is 3.32. The molecule has 0 aliphatic carbocycles. The Bertz CT molecular complexity index is 830. The fourth-order valence-electron chi connectivity index (χ4n) is 1.96. The van der Waals surface area contributed by atoms with E-state index in [9.17, 15) is 18.4 Å². The fraction of sp³-hybridized carbons (Fsp3) is 0.214. The van der Waals surface area contributed by atoms with Gasteiger partial charge in [-0.1, -0.05) is 23.2 Å². The monoisotopic (exact) mass is 376 g/mol. The molecule has 0 atom stereocenters. The molecule has 1 aromatic carbocycles. The van der Waals surface area contributed by atoms with Crippen molar-refractivity contribution in [2.45, 2.75) is 13.1 Å². The van der Waals surface area contributed by atoms with Crippen molar-refractivity contribution in [2.24, 2.45) is 4.99 Å². The van der Waals surface area contributed by atoms with Gasteiger partial charge in [0.2, 0.25) is 0 Å². The number of ether oxygens (including phenoxy) is 1. The van der Waals surface area contributed by atoms with Crippen LogP contribution in [-0.2, 0) is 10.9 Å². The maximum Gasteiger partial charge on any atom is 0.416 e. The number of halogens is 5. The number of aliphatic imine (C=N–C) groups is 1. The summed E-state index contributed by atoms with van der Waals surface area (Å²) in [6.07, 6.45) is -3.54. The average molecular weight is 377 g/mol. The topological polar surface area (TPSA) is 63.2 Å². The number of hydrogen-bond acceptors (Lipinski definition) is 4. The van der Waals surface area contributed by atoms with E-state index in [4.69, 9.17) is 27.9 Å². The number of benzene rings is 1. The molecule has 1 heterocycles. The number of nitrogens with zero attached hydrogens (tertiary/aromatic N) is 4. The lowest BCUT2D eigenvalue weighted by molar-refractivity contribution is -0.137. The second-order valence-electron chi connectivity index (χ2n) is 4.56. The van der Waals surface area contributed by atoms with Crippen LogP contribution in [0.3, 0.4) is 0 Å². The van der Waals surface area contributed by atoms with Crippen LogP contribution in [0.1, 0.15) is 16.8 Å². The van der Waals surface area contributed by atoms with Gasteiger partial charge in [-0.2, -0.15) is 28.5 Å². The first-order valence-electron chi connectivity index (χ1n) is 6.32. The van der Waals surface area contributed by atoms with Crippen LogP contribution in [-0.4, -0.2) is 23.3 Å². The summed E-state index contributed by atoms with van der Waals surface area (Å²) in [6, 6.07) is 3.38. The highest BCUT2D eigenvalue weighted by Gasteiger charge is 2.32. The SMILES string of the molecule is COC=Nc1c(C#N)c(C)nn1-c1c(Cl)cc(C(F)(F)F)cc1Cl. The van der Waals surface area contributed by atoms with Gasteiger partial charge in [-0.3, -0.25) is 0 Å². The van der Waals surface area contributed by atoms with Crippen LogP contribution < -0.4 is 0 Å². The van der Waals surface area contributed by atoms with Crippen molar-refractivity contribution < 1.29 is 17.9 Å². The number of hydrogen-bond donors (Lipinski definition) is 0. The summed E-state index contributed by atoms with van der Waals surface area (Å²) in [5.41, 5.74) is -0.574. The molecule has 1 aromatic heterocycles. The van der Waals surface area contributed by atoms with Crippen molar-refractivity contribution in [1.29, 1.82) is 5.26 Å². The Labute approximate surface area is 144 Å². The van der Waals surface area contributed by atoms with Crippen molar-refractivity contribution >= 4 is 35.4 Å². The zero-order valence-electron chi connectivity index (χ0n) is 12.3. The minimum atomic E-state index is -4.60. The molecule has 126 valence electrons. The summed E-state index contributed by atoms with van der Waals surface area (Å²) in [7, 11) is 1.35. The van der Waals surface area contributed by atoms with E-state index in [0.29, 0.717) is 5.69 Å². The molecule has 0 bridgehead atoms. The van der Waals surface area contributed by atoms with Gasteiger partial charge in [0.1, 0.15) is 17.3 Å². The highest BCUT2D eigenvalue weighted by molar-refractivity contribution is 6.38. The van der Waals surface area contributed by atoms with E-state index in [1.54, 1.807) is 6.92 Å². The molecule has 0 fully saturated rings. The molecule has 0 N–H and O–H groups in total. The van der Waals surface area contributed by atoms with Crippen LogP contribution in [0.2, 0.25) is 10.0 Å². The molecule has 2 aromatic rings. The van der Waals surface area contributed by atoms with Gasteiger partial charge >= 0.3 is 6.18 Å². The highest BCUT2D eigenvalue weighted by Crippen LogP contribution is 2.39. The van der Waals surface area contributed by atoms with E-state index < -0.39 is 11.7 Å². The molecule has 0 aliphatic rings. The van der Waals surface area contributed by atoms with E-state index in [1.807, 2.05) is 6.07 Å². The van der Waals surface area contributed by atoms with Gasteiger partial charge in [-0.05, 0) is 19.1 Å². The number of rotatable bonds is 3. The second kappa shape index (κ2) is 6.71. The predicted molar refractivity (Wildman–Crippen MR) is 83.2 cm³/mol. The maximum absolute atomic E-state index is 12.8. The van der Waals surface area contributed by atoms with Gasteiger partial charge in [0.25, 0.3) is 0 Å². The van der Waals surface area contributed by atoms with E-state index in [0.717, 1.165) is 23.2 Å². The van der Waals surface area contributed by atoms with Crippen LogP contribution in [0.5, 0.6) is 0 Å². The van der Waals surface area contributed by atoms with Crippen LogP contribution >= 0.6 is 23.2 Å². The zero-order chi connectivity index (χ0) is 18.1. The predicted octanol–water partition coefficient (Wildman–Crippen LogP) is 4.68. The molecule has 0 spiro atoms. The normalized spacial score (nSPS) is 11.8. The number of methoxy groups -OCH3 is 1. The minimum Gasteiger partial charge on any atom is -0.486 e. The molecule has 24 heavy (non-hydrogen) atoms. The van der Waals surface area contributed by atoms with Crippen LogP contribution in [0.4, 0.5) is 19.0 Å². The van der Waals surface area contributed by atoms with Gasteiger partial charge in [-0.25, -0.2) is 4.68 Å². The Hall–Kier alpha value is -2.24. The first-order chi connectivity index (χ1) is 11.2. The van der Waals surface area contributed by atoms with E-state index >= 15 is 0 Å². The van der Waals surface area contributed by atoms with Crippen molar-refractivity contribution in [3.8, 4) is 11.8 Å². The van der Waals surface area contributed by atoms with Gasteiger partial charge < -0.3 is 4.74 Å². The number of nitriles is 1. The molecule has 0 saturated carbocycles. The largest absolute Gasteiger partial charge is 0.486 e. The summed E-state index contributed by atoms with van der Waals surface area (Å²) in [5.74, 6) is 0.0420. The Balaban J connectivity index is 2.74. The van der Waals surface area contributed by atoms with Crippen molar-refractivity contribution in [1.82, 2.24) is 9.78 Å². The fourth-order valence-corrected chi connectivity index (χ4v) is 2.60. The molecule has 0 saturated heterocycles. The summed E-state index contributed by atoms with van der Waals surface area (Å²) in [4.78, 5) is 3.94. The molecule has 0 radical (unpaired) electrons. The summed E-state index contributed by atoms with van der Waals surface area (Å²) < 4.78 is 44.3. The molecule has 2 rings (SSSR count). The molecule has 0 amide bonds. The van der Waals surface area contributed by atoms with E-state index in [-0.39, 0.29) is 27.1 Å². The first-order valence-corrected chi connectivity index (χ1v) is 7.08. The first kappa shape index (κ1) is 18.1. The standard InChI is InChI=1S/C14H9Cl2F3N4O/c1-7-9(5-20)13(21-6-24-2)23(22-7)12-10(15)3-8(4-11(12)16)14(17,18)19/h3-4,6H,1-2H3. The number of alkyl halides is 3. The Morgan fingerprint density at radius 3 is 2.38 bits per heavy atom. The van der Waals surface area contributed by atoms with Crippen LogP contribution in [0.15, 0.2) is 17.1 Å². The molecule has 0 aliphatic heterocycles. The Morgan fingerprint density at radius 2 is 1.92 bits per heavy atom. The lowest BCUT2D eigenvalue weighted by Crippen LogP contribution is -2.07. The molecular formula is C14H9Cl2F3N4O. The zero-order valence-corrected chi connectivity index (χ0v) is 13.8. The van der Waals surface area contributed by atoms with Gasteiger partial charge in [0, 0.05) is 0 Å². The average Bonchev–Trinajstić information content (AvgIpc) is 2.79. The van der Waals surface area contributed by atoms with Gasteiger partial charge in [-0.15, -0.1) is 0 Å². The van der Waals surface area contributed by atoms with Gasteiger partial charge in [0.15, 0.2) is 12.2 Å². The minimum absolute atomic E-state index is 0.0146. The van der Waals surface area contributed by atoms with Crippen LogP contribution in [0.25, 0.3) is 5.69 Å². The molecular weight excluding hydrogens is 368 g/mol. The smallest absolute Gasteiger partial charge is 0.416 e.